The van der Waals surface area contributed by atoms with E-state index in [1.54, 1.807) is 6.07 Å². The molecule has 1 fully saturated rings. The Balaban J connectivity index is 1.56. The van der Waals surface area contributed by atoms with E-state index >= 15 is 0 Å². The van der Waals surface area contributed by atoms with Gasteiger partial charge in [-0.2, -0.15) is 0 Å². The first-order valence-electron chi connectivity index (χ1n) is 10.2. The number of hydrogen-bond donors (Lipinski definition) is 1. The molecule has 1 N–H and O–H groups in total. The summed E-state index contributed by atoms with van der Waals surface area (Å²) in [5.74, 6) is 0.647. The Labute approximate surface area is 186 Å². The first-order chi connectivity index (χ1) is 14.6. The normalized spacial score (nSPS) is 14.6. The number of nitrogens with one attached hydrogen (secondary N) is 1. The largest absolute Gasteiger partial charge is 0.303 e. The molecule has 1 saturated heterocycles. The molecule has 156 valence electrons. The van der Waals surface area contributed by atoms with Gasteiger partial charge in [-0.3, -0.25) is 10.2 Å². The lowest BCUT2D eigenvalue weighted by Crippen LogP contribution is -2.45. The molecule has 1 aliphatic heterocycles. The number of benzene rings is 2. The van der Waals surface area contributed by atoms with Crippen LogP contribution in [-0.2, 0) is 12.8 Å². The number of hydrazine groups is 1. The first kappa shape index (κ1) is 20.9. The molecule has 0 radical (unpaired) electrons. The molecule has 0 unspecified atom stereocenters. The van der Waals surface area contributed by atoms with E-state index in [1.165, 1.54) is 6.42 Å². The Morgan fingerprint density at radius 2 is 1.77 bits per heavy atom. The quantitative estimate of drug-likeness (QED) is 0.577. The Kier molecular flexibility index (Phi) is 6.72. The molecular formula is C23H24Cl2N4O. The second-order valence-electron chi connectivity index (χ2n) is 7.47. The van der Waals surface area contributed by atoms with Crippen LogP contribution < -0.4 is 5.43 Å². The molecule has 2 aromatic carbocycles. The fourth-order valence-corrected chi connectivity index (χ4v) is 4.20. The van der Waals surface area contributed by atoms with Gasteiger partial charge in [0.1, 0.15) is 11.5 Å². The van der Waals surface area contributed by atoms with Gasteiger partial charge in [0.15, 0.2) is 0 Å². The molecule has 0 aliphatic carbocycles. The fourth-order valence-electron chi connectivity index (χ4n) is 3.69. The summed E-state index contributed by atoms with van der Waals surface area (Å²) >= 11 is 12.3. The second kappa shape index (κ2) is 9.65. The molecular weight excluding hydrogens is 419 g/mol. The number of halogens is 2. The predicted octanol–water partition coefficient (Wildman–Crippen LogP) is 5.10. The van der Waals surface area contributed by atoms with Gasteiger partial charge >= 0.3 is 0 Å². The van der Waals surface area contributed by atoms with Crippen molar-refractivity contribution in [3.63, 3.8) is 0 Å². The minimum absolute atomic E-state index is 0.169. The Morgan fingerprint density at radius 1 is 1.00 bits per heavy atom. The Morgan fingerprint density at radius 3 is 2.50 bits per heavy atom. The van der Waals surface area contributed by atoms with E-state index < -0.39 is 0 Å². The van der Waals surface area contributed by atoms with Crippen LogP contribution >= 0.6 is 23.2 Å². The Bertz CT molecular complexity index is 1010. The maximum Gasteiger partial charge on any atom is 0.285 e. The SMILES string of the molecule is O=C(NN1CCCCC1)c1cn(-c2ccccc2)c(CCc2ccc(Cl)cc2Cl)n1. The molecule has 4 rings (SSSR count). The molecule has 7 heteroatoms. The monoisotopic (exact) mass is 442 g/mol. The second-order valence-corrected chi connectivity index (χ2v) is 8.32. The summed E-state index contributed by atoms with van der Waals surface area (Å²) in [5.41, 5.74) is 5.39. The van der Waals surface area contributed by atoms with Crippen molar-refractivity contribution in [2.75, 3.05) is 13.1 Å². The maximum absolute atomic E-state index is 12.8. The maximum atomic E-state index is 12.8. The number of piperidine rings is 1. The van der Waals surface area contributed by atoms with Gasteiger partial charge in [0.25, 0.3) is 5.91 Å². The van der Waals surface area contributed by atoms with Gasteiger partial charge < -0.3 is 4.57 Å². The van der Waals surface area contributed by atoms with Gasteiger partial charge in [0.05, 0.1) is 0 Å². The van der Waals surface area contributed by atoms with Crippen LogP contribution in [0.3, 0.4) is 0 Å². The minimum Gasteiger partial charge on any atom is -0.303 e. The highest BCUT2D eigenvalue weighted by atomic mass is 35.5. The number of carbonyl (C=O) groups is 1. The van der Waals surface area contributed by atoms with Gasteiger partial charge in [0.2, 0.25) is 0 Å². The highest BCUT2D eigenvalue weighted by Gasteiger charge is 2.19. The van der Waals surface area contributed by atoms with Gasteiger partial charge in [-0.1, -0.05) is 53.9 Å². The van der Waals surface area contributed by atoms with E-state index in [-0.39, 0.29) is 5.91 Å². The average molecular weight is 443 g/mol. The van der Waals surface area contributed by atoms with Gasteiger partial charge in [-0.15, -0.1) is 0 Å². The van der Waals surface area contributed by atoms with Crippen LogP contribution in [0.25, 0.3) is 5.69 Å². The highest BCUT2D eigenvalue weighted by Crippen LogP contribution is 2.23. The number of para-hydroxylation sites is 1. The minimum atomic E-state index is -0.169. The predicted molar refractivity (Wildman–Crippen MR) is 120 cm³/mol. The van der Waals surface area contributed by atoms with E-state index in [0.717, 1.165) is 43.0 Å². The summed E-state index contributed by atoms with van der Waals surface area (Å²) in [6, 6.07) is 15.5. The number of rotatable bonds is 6. The van der Waals surface area contributed by atoms with Crippen LogP contribution in [0.4, 0.5) is 0 Å². The number of aryl methyl sites for hydroxylation is 2. The zero-order valence-electron chi connectivity index (χ0n) is 16.7. The molecule has 2 heterocycles. The van der Waals surface area contributed by atoms with Crippen LogP contribution in [0.5, 0.6) is 0 Å². The smallest absolute Gasteiger partial charge is 0.285 e. The lowest BCUT2D eigenvalue weighted by Gasteiger charge is -2.26. The van der Waals surface area contributed by atoms with Gasteiger partial charge in [0, 0.05) is 41.4 Å². The van der Waals surface area contributed by atoms with E-state index in [9.17, 15) is 4.79 Å². The number of aromatic nitrogens is 2. The van der Waals surface area contributed by atoms with Crippen molar-refractivity contribution < 1.29 is 4.79 Å². The summed E-state index contributed by atoms with van der Waals surface area (Å²) in [4.78, 5) is 17.5. The molecule has 1 aromatic heterocycles. The summed E-state index contributed by atoms with van der Waals surface area (Å²) in [6.45, 7) is 1.76. The standard InChI is InChI=1S/C23H24Cl2N4O/c24-18-11-9-17(20(25)15-18)10-12-22-26-21(16-29(22)19-7-3-1-4-8-19)23(30)27-28-13-5-2-6-14-28/h1,3-4,7-9,11,15-16H,2,5-6,10,12-14H2,(H,27,30). The van der Waals surface area contributed by atoms with Crippen molar-refractivity contribution in [3.8, 4) is 5.69 Å². The summed E-state index contributed by atoms with van der Waals surface area (Å²) in [6.07, 6.45) is 6.58. The molecule has 3 aromatic rings. The van der Waals surface area contributed by atoms with E-state index in [4.69, 9.17) is 23.2 Å². The molecule has 0 saturated carbocycles. The van der Waals surface area contributed by atoms with Crippen molar-refractivity contribution in [1.82, 2.24) is 20.0 Å². The lowest BCUT2D eigenvalue weighted by molar-refractivity contribution is 0.0745. The summed E-state index contributed by atoms with van der Waals surface area (Å²) in [7, 11) is 0. The third-order valence-electron chi connectivity index (χ3n) is 5.29. The molecule has 5 nitrogen and oxygen atoms in total. The molecule has 1 amide bonds. The molecule has 1 aliphatic rings. The Hall–Kier alpha value is -2.34. The van der Waals surface area contributed by atoms with Crippen LogP contribution in [0.1, 0.15) is 41.1 Å². The van der Waals surface area contributed by atoms with E-state index in [2.05, 4.69) is 10.4 Å². The zero-order chi connectivity index (χ0) is 20.9. The topological polar surface area (TPSA) is 50.2 Å². The lowest BCUT2D eigenvalue weighted by atomic mass is 10.1. The fraction of sp³-hybridized carbons (Fsp3) is 0.304. The van der Waals surface area contributed by atoms with Gasteiger partial charge in [-0.25, -0.2) is 9.99 Å². The van der Waals surface area contributed by atoms with Crippen LogP contribution in [0.2, 0.25) is 10.0 Å². The van der Waals surface area contributed by atoms with Crippen molar-refractivity contribution in [2.45, 2.75) is 32.1 Å². The molecule has 0 atom stereocenters. The molecule has 0 spiro atoms. The number of hydrogen-bond acceptors (Lipinski definition) is 3. The van der Waals surface area contributed by atoms with Crippen LogP contribution in [-0.4, -0.2) is 33.6 Å². The van der Waals surface area contributed by atoms with Crippen LogP contribution in [0.15, 0.2) is 54.7 Å². The van der Waals surface area contributed by atoms with Crippen molar-refractivity contribution in [3.05, 3.63) is 81.9 Å². The third kappa shape index (κ3) is 5.04. The highest BCUT2D eigenvalue weighted by molar-refractivity contribution is 6.35. The van der Waals surface area contributed by atoms with Gasteiger partial charge in [-0.05, 0) is 49.1 Å². The summed E-state index contributed by atoms with van der Waals surface area (Å²) < 4.78 is 1.98. The summed E-state index contributed by atoms with van der Waals surface area (Å²) in [5, 5.41) is 3.25. The van der Waals surface area contributed by atoms with Crippen LogP contribution in [0, 0.1) is 0 Å². The molecule has 0 bridgehead atoms. The van der Waals surface area contributed by atoms with E-state index in [0.29, 0.717) is 28.6 Å². The number of carbonyl (C=O) groups excluding carboxylic acids is 1. The number of nitrogens with zero attached hydrogens (tertiary/aromatic N) is 3. The van der Waals surface area contributed by atoms with Crippen molar-refractivity contribution >= 4 is 29.1 Å². The van der Waals surface area contributed by atoms with Crippen molar-refractivity contribution in [1.29, 1.82) is 0 Å². The first-order valence-corrected chi connectivity index (χ1v) is 11.0. The average Bonchev–Trinajstić information content (AvgIpc) is 3.19. The van der Waals surface area contributed by atoms with Crippen molar-refractivity contribution in [2.24, 2.45) is 0 Å². The number of imidazole rings is 1. The third-order valence-corrected chi connectivity index (χ3v) is 5.88. The number of amides is 1. The van der Waals surface area contributed by atoms with E-state index in [1.807, 2.05) is 58.2 Å². The molecule has 30 heavy (non-hydrogen) atoms. The zero-order valence-corrected chi connectivity index (χ0v) is 18.2.